The van der Waals surface area contributed by atoms with Crippen molar-refractivity contribution in [3.8, 4) is 22.4 Å². The molecular weight excluding hydrogens is 658 g/mol. The summed E-state index contributed by atoms with van der Waals surface area (Å²) in [6.45, 7) is 4.65. The summed E-state index contributed by atoms with van der Waals surface area (Å²) in [5, 5.41) is 4.29. The maximum atomic E-state index is 13.2. The van der Waals surface area contributed by atoms with Crippen LogP contribution < -0.4 is 5.32 Å². The van der Waals surface area contributed by atoms with Crippen LogP contribution in [0.1, 0.15) is 49.2 Å². The molecule has 48 heavy (non-hydrogen) atoms. The van der Waals surface area contributed by atoms with Crippen LogP contribution in [0.15, 0.2) is 97.2 Å². The van der Waals surface area contributed by atoms with Crippen LogP contribution in [0.5, 0.6) is 0 Å². The summed E-state index contributed by atoms with van der Waals surface area (Å²) in [6.07, 6.45) is 2.81. The number of hydrogen-bond donors (Lipinski definition) is 1. The molecule has 1 heterocycles. The summed E-state index contributed by atoms with van der Waals surface area (Å²) in [5.74, 6) is 0.405. The van der Waals surface area contributed by atoms with Crippen LogP contribution in [0, 0.1) is 0 Å². The first-order valence-electron chi connectivity index (χ1n) is 15.5. The quantitative estimate of drug-likeness (QED) is 0.132. The van der Waals surface area contributed by atoms with Crippen molar-refractivity contribution in [1.82, 2.24) is 9.55 Å². The fourth-order valence-electron chi connectivity index (χ4n) is 5.23. The molecule has 0 bridgehead atoms. The highest BCUT2D eigenvalue weighted by molar-refractivity contribution is 6.36. The van der Waals surface area contributed by atoms with E-state index in [1.165, 1.54) is 6.07 Å². The van der Waals surface area contributed by atoms with Gasteiger partial charge in [-0.05, 0) is 84.1 Å². The van der Waals surface area contributed by atoms with Gasteiger partial charge in [-0.1, -0.05) is 91.2 Å². The van der Waals surface area contributed by atoms with Crippen molar-refractivity contribution in [3.05, 3.63) is 130 Å². The summed E-state index contributed by atoms with van der Waals surface area (Å²) < 4.78 is 46.9. The van der Waals surface area contributed by atoms with E-state index < -0.39 is 17.8 Å². The molecule has 1 aromatic heterocycles. The topological polar surface area (TPSA) is 56.2 Å². The molecule has 248 valence electrons. The van der Waals surface area contributed by atoms with Crippen molar-refractivity contribution in [3.63, 3.8) is 0 Å². The number of halogens is 5. The second-order valence-electron chi connectivity index (χ2n) is 11.2. The van der Waals surface area contributed by atoms with Crippen molar-refractivity contribution in [1.29, 1.82) is 0 Å². The molecule has 0 radical (unpaired) electrons. The lowest BCUT2D eigenvalue weighted by Gasteiger charge is -2.18. The number of esters is 1. The molecule has 0 saturated carbocycles. The van der Waals surface area contributed by atoms with E-state index in [1.54, 1.807) is 37.3 Å². The van der Waals surface area contributed by atoms with Crippen molar-refractivity contribution in [2.45, 2.75) is 45.5 Å². The van der Waals surface area contributed by atoms with Gasteiger partial charge >= 0.3 is 12.1 Å². The zero-order valence-electron chi connectivity index (χ0n) is 26.4. The second-order valence-corrected chi connectivity index (χ2v) is 12.0. The lowest BCUT2D eigenvalue weighted by molar-refractivity contribution is -0.144. The molecule has 1 N–H and O–H groups in total. The average molecular weight is 693 g/mol. The minimum Gasteiger partial charge on any atom is -0.464 e. The van der Waals surface area contributed by atoms with Gasteiger partial charge in [-0.2, -0.15) is 13.2 Å². The lowest BCUT2D eigenvalue weighted by Crippen LogP contribution is -2.31. The van der Waals surface area contributed by atoms with Gasteiger partial charge in [0.05, 0.1) is 22.9 Å². The number of ether oxygens (including phenoxy) is 1. The molecule has 1 unspecified atom stereocenters. The monoisotopic (exact) mass is 691 g/mol. The van der Waals surface area contributed by atoms with Gasteiger partial charge < -0.3 is 14.6 Å². The molecule has 1 atom stereocenters. The van der Waals surface area contributed by atoms with E-state index in [2.05, 4.69) is 5.32 Å². The average Bonchev–Trinajstić information content (AvgIpc) is 3.46. The van der Waals surface area contributed by atoms with Crippen LogP contribution in [0.2, 0.25) is 10.0 Å². The molecule has 5 nitrogen and oxygen atoms in total. The number of carbonyl (C=O) groups is 1. The van der Waals surface area contributed by atoms with Crippen molar-refractivity contribution < 1.29 is 22.7 Å². The molecule has 4 aromatic carbocycles. The highest BCUT2D eigenvalue weighted by atomic mass is 35.5. The normalized spacial score (nSPS) is 12.3. The van der Waals surface area contributed by atoms with Gasteiger partial charge in [-0.15, -0.1) is 0 Å². The van der Waals surface area contributed by atoms with E-state index in [-0.39, 0.29) is 5.97 Å². The molecule has 0 aliphatic heterocycles. The van der Waals surface area contributed by atoms with Gasteiger partial charge in [0.1, 0.15) is 11.9 Å². The summed E-state index contributed by atoms with van der Waals surface area (Å²) in [6, 6.07) is 25.3. The lowest BCUT2D eigenvalue weighted by atomic mass is 10.0. The standard InChI is InChI=1S/C38H34Cl2F3N3O2/c1-3-6-34(37(47)48-4-2)44-31-17-11-26(12-18-31)23-46-24-35(32-19-16-30(39)22-33(32)40)45-36(46)20-13-25-9-14-27(15-10-25)28-7-5-8-29(21-28)38(41,42)43/h5,7-22,24,34,44H,3-4,6,23H2,1-2H3. The number of hydrogen-bond acceptors (Lipinski definition) is 4. The van der Waals surface area contributed by atoms with Crippen LogP contribution in [-0.4, -0.2) is 28.2 Å². The number of nitrogens with one attached hydrogen (secondary N) is 1. The summed E-state index contributed by atoms with van der Waals surface area (Å²) in [7, 11) is 0. The fraction of sp³-hybridized carbons (Fsp3) is 0.211. The number of anilines is 1. The number of nitrogens with zero attached hydrogens (tertiary/aromatic N) is 2. The van der Waals surface area contributed by atoms with Crippen LogP contribution in [-0.2, 0) is 22.3 Å². The fourth-order valence-corrected chi connectivity index (χ4v) is 5.74. The van der Waals surface area contributed by atoms with Crippen LogP contribution in [0.25, 0.3) is 34.5 Å². The minimum absolute atomic E-state index is 0.267. The van der Waals surface area contributed by atoms with Crippen molar-refractivity contribution in [2.24, 2.45) is 0 Å². The third-order valence-corrected chi connectivity index (χ3v) is 8.22. The predicted molar refractivity (Wildman–Crippen MR) is 188 cm³/mol. The highest BCUT2D eigenvalue weighted by Gasteiger charge is 2.30. The third-order valence-electron chi connectivity index (χ3n) is 7.67. The van der Waals surface area contributed by atoms with E-state index in [4.69, 9.17) is 32.9 Å². The maximum Gasteiger partial charge on any atom is 0.416 e. The zero-order valence-corrected chi connectivity index (χ0v) is 27.9. The number of benzene rings is 4. The number of rotatable bonds is 12. The minimum atomic E-state index is -4.41. The molecule has 10 heteroatoms. The third kappa shape index (κ3) is 8.88. The van der Waals surface area contributed by atoms with E-state index >= 15 is 0 Å². The maximum absolute atomic E-state index is 13.2. The van der Waals surface area contributed by atoms with E-state index in [1.807, 2.05) is 72.3 Å². The van der Waals surface area contributed by atoms with E-state index in [0.717, 1.165) is 40.9 Å². The Labute approximate surface area is 288 Å². The van der Waals surface area contributed by atoms with Crippen LogP contribution in [0.3, 0.4) is 0 Å². The Bertz CT molecular complexity index is 1890. The van der Waals surface area contributed by atoms with Gasteiger partial charge in [0.15, 0.2) is 0 Å². The molecule has 0 fully saturated rings. The number of imidazole rings is 1. The Balaban J connectivity index is 1.39. The molecule has 0 aliphatic carbocycles. The Morgan fingerprint density at radius 3 is 2.35 bits per heavy atom. The molecule has 0 aliphatic rings. The molecule has 5 aromatic rings. The zero-order chi connectivity index (χ0) is 34.3. The first-order chi connectivity index (χ1) is 23.0. The Kier molecular flexibility index (Phi) is 11.3. The number of aromatic nitrogens is 2. The van der Waals surface area contributed by atoms with E-state index in [9.17, 15) is 18.0 Å². The summed E-state index contributed by atoms with van der Waals surface area (Å²) >= 11 is 12.7. The molecule has 0 spiro atoms. The number of carbonyl (C=O) groups excluding carboxylic acids is 1. The van der Waals surface area contributed by atoms with Gasteiger partial charge in [-0.25, -0.2) is 9.78 Å². The largest absolute Gasteiger partial charge is 0.464 e. The Morgan fingerprint density at radius 1 is 0.938 bits per heavy atom. The SMILES string of the molecule is CCCC(Nc1ccc(Cn2cc(-c3ccc(Cl)cc3Cl)nc2C=Cc2ccc(-c3cccc(C(F)(F)F)c3)cc2)cc1)C(=O)OCC. The van der Waals surface area contributed by atoms with Gasteiger partial charge in [0, 0.05) is 29.0 Å². The van der Waals surface area contributed by atoms with Crippen molar-refractivity contribution in [2.75, 3.05) is 11.9 Å². The number of alkyl halides is 3. The van der Waals surface area contributed by atoms with Gasteiger partial charge in [0.2, 0.25) is 0 Å². The summed E-state index contributed by atoms with van der Waals surface area (Å²) in [5.41, 5.74) is 4.57. The van der Waals surface area contributed by atoms with Gasteiger partial charge in [0.25, 0.3) is 0 Å². The first kappa shape index (κ1) is 34.8. The Hall–Kier alpha value is -4.53. The van der Waals surface area contributed by atoms with Crippen LogP contribution in [0.4, 0.5) is 18.9 Å². The highest BCUT2D eigenvalue weighted by Crippen LogP contribution is 2.33. The second kappa shape index (κ2) is 15.6. The van der Waals surface area contributed by atoms with Crippen molar-refractivity contribution >= 4 is 47.0 Å². The smallest absolute Gasteiger partial charge is 0.416 e. The predicted octanol–water partition coefficient (Wildman–Crippen LogP) is 10.9. The molecule has 0 amide bonds. The molecular formula is C38H34Cl2F3N3O2. The van der Waals surface area contributed by atoms with Gasteiger partial charge in [-0.3, -0.25) is 0 Å². The first-order valence-corrected chi connectivity index (χ1v) is 16.3. The van der Waals surface area contributed by atoms with Crippen LogP contribution >= 0.6 is 23.2 Å². The Morgan fingerprint density at radius 2 is 1.69 bits per heavy atom. The van der Waals surface area contributed by atoms with E-state index in [0.29, 0.717) is 52.3 Å². The molecule has 0 saturated heterocycles. The molecule has 5 rings (SSSR count). The summed E-state index contributed by atoms with van der Waals surface area (Å²) in [4.78, 5) is 17.3.